The fraction of sp³-hybridized carbons (Fsp3) is 0.119. The molecule has 0 heterocycles. The predicted molar refractivity (Wildman–Crippen MR) is 266 cm³/mol. The molecule has 0 nitrogen and oxygen atoms in total. The minimum absolute atomic E-state index is 0. The molecule has 0 saturated heterocycles. The van der Waals surface area contributed by atoms with Gasteiger partial charge in [-0.15, -0.1) is 23.3 Å². The minimum atomic E-state index is -0.847. The summed E-state index contributed by atoms with van der Waals surface area (Å²) in [6.07, 6.45) is 14.9. The first kappa shape index (κ1) is 47.7. The molecule has 0 amide bonds. The van der Waals surface area contributed by atoms with Crippen LogP contribution in [0.5, 0.6) is 0 Å². The molecule has 0 atom stereocenters. The Balaban J connectivity index is 0.000000161. The number of hydrogen-bond acceptors (Lipinski definition) is 0. The molecule has 0 spiro atoms. The number of benzene rings is 8. The summed E-state index contributed by atoms with van der Waals surface area (Å²) in [7, 11) is -1.69. The fourth-order valence-electron chi connectivity index (χ4n) is 9.19. The summed E-state index contributed by atoms with van der Waals surface area (Å²) in [6, 6.07) is 73.7. The van der Waals surface area contributed by atoms with Gasteiger partial charge in [-0.25, -0.2) is 0 Å². The van der Waals surface area contributed by atoms with E-state index < -0.39 is 15.8 Å². The standard InChI is InChI=1S/C25H22P2.2C17H13.2Au/c1-5-13-22(14-6-1)26(23-15-7-2-8-16-23)21-27(24-17-9-3-10-18-24)25-19-11-4-12-20-25;2*1-4-12-8-7-11-15-16(12)13-9-5-6-10-14(13)17(15,2)3;;/h1-20H,21H2;2*5-11H,2-3H3;;/q;2*-1;2*+1/p+2. The molecule has 0 radical (unpaired) electrons. The summed E-state index contributed by atoms with van der Waals surface area (Å²) in [5, 5.41) is 6.01. The van der Waals surface area contributed by atoms with Crippen LogP contribution in [0.1, 0.15) is 61.1 Å². The topological polar surface area (TPSA) is 0 Å². The summed E-state index contributed by atoms with van der Waals surface area (Å²) in [5.41, 5.74) is 12.0. The van der Waals surface area contributed by atoms with E-state index in [4.69, 9.17) is 12.8 Å². The Morgan fingerprint density at radius 3 is 0.921 bits per heavy atom. The van der Waals surface area contributed by atoms with Crippen molar-refractivity contribution in [2.75, 3.05) is 5.90 Å². The molecule has 8 aromatic rings. The van der Waals surface area contributed by atoms with E-state index in [1.165, 1.54) is 71.6 Å². The number of rotatable bonds is 6. The second-order valence-corrected chi connectivity index (χ2v) is 22.3. The quantitative estimate of drug-likeness (QED) is 0.0674. The summed E-state index contributed by atoms with van der Waals surface area (Å²) in [6.45, 7) is 8.97. The van der Waals surface area contributed by atoms with E-state index in [9.17, 15) is 0 Å². The molecule has 0 fully saturated rings. The van der Waals surface area contributed by atoms with Crippen molar-refractivity contribution < 1.29 is 44.8 Å². The van der Waals surface area contributed by atoms with Gasteiger partial charge in [-0.1, -0.05) is 184 Å². The molecule has 2 aliphatic rings. The second kappa shape index (κ2) is 21.3. The molecule has 0 aliphatic heterocycles. The zero-order valence-electron chi connectivity index (χ0n) is 35.9. The van der Waals surface area contributed by atoms with Gasteiger partial charge < -0.3 is 12.8 Å². The Morgan fingerprint density at radius 2 is 0.619 bits per heavy atom. The molecule has 8 aromatic carbocycles. The zero-order valence-corrected chi connectivity index (χ0v) is 42.3. The van der Waals surface area contributed by atoms with E-state index in [1.807, 2.05) is 24.3 Å². The first-order valence-corrected chi connectivity index (χ1v) is 24.4. The average Bonchev–Trinajstić information content (AvgIpc) is 3.71. The van der Waals surface area contributed by atoms with E-state index in [-0.39, 0.29) is 55.6 Å². The van der Waals surface area contributed by atoms with Gasteiger partial charge in [-0.05, 0) is 81.9 Å². The summed E-state index contributed by atoms with van der Waals surface area (Å²) < 4.78 is 0. The third-order valence-electron chi connectivity index (χ3n) is 12.3. The van der Waals surface area contributed by atoms with Crippen molar-refractivity contribution in [2.24, 2.45) is 0 Å². The molecule has 63 heavy (non-hydrogen) atoms. The van der Waals surface area contributed by atoms with Gasteiger partial charge in [0, 0.05) is 10.8 Å². The van der Waals surface area contributed by atoms with E-state index in [0.29, 0.717) is 0 Å². The largest absolute Gasteiger partial charge is 1.00 e. The molecule has 0 aromatic heterocycles. The maximum Gasteiger partial charge on any atom is 1.00 e. The van der Waals surface area contributed by atoms with Crippen LogP contribution in [0.15, 0.2) is 206 Å². The number of hydrogen-bond donors (Lipinski definition) is 0. The summed E-state index contributed by atoms with van der Waals surface area (Å²) in [4.78, 5) is 0. The van der Waals surface area contributed by atoms with E-state index >= 15 is 0 Å². The van der Waals surface area contributed by atoms with Crippen LogP contribution in [0.3, 0.4) is 0 Å². The zero-order chi connectivity index (χ0) is 42.4. The molecular weight excluding hydrogens is 1160 g/mol. The Hall–Kier alpha value is -4.78. The molecule has 0 saturated carbocycles. The molecular formula is C59H50Au2P2+2. The van der Waals surface area contributed by atoms with E-state index in [1.54, 1.807) is 0 Å². The van der Waals surface area contributed by atoms with Crippen LogP contribution in [0.2, 0.25) is 0 Å². The van der Waals surface area contributed by atoms with Gasteiger partial charge in [0.15, 0.2) is 5.90 Å². The van der Waals surface area contributed by atoms with Gasteiger partial charge in [-0.2, -0.15) is 0 Å². The second-order valence-electron chi connectivity index (χ2n) is 16.6. The monoisotopic (exact) mass is 1210 g/mol. The maximum absolute atomic E-state index is 7.43. The van der Waals surface area contributed by atoms with E-state index in [2.05, 4.69) is 222 Å². The van der Waals surface area contributed by atoms with Gasteiger partial charge in [0.05, 0.1) is 0 Å². The third kappa shape index (κ3) is 9.83. The van der Waals surface area contributed by atoms with Crippen LogP contribution in [0, 0.1) is 24.7 Å². The van der Waals surface area contributed by atoms with Crippen LogP contribution in [-0.2, 0) is 55.6 Å². The third-order valence-corrected chi connectivity index (χ3v) is 19.3. The van der Waals surface area contributed by atoms with Crippen molar-refractivity contribution in [3.63, 3.8) is 0 Å². The van der Waals surface area contributed by atoms with Gasteiger partial charge >= 0.3 is 44.8 Å². The number of fused-ring (bicyclic) bond motifs is 6. The Labute approximate surface area is 409 Å². The first-order chi connectivity index (χ1) is 29.7. The Morgan fingerprint density at radius 1 is 0.349 bits per heavy atom. The normalized spacial score (nSPS) is 12.8. The molecule has 316 valence electrons. The van der Waals surface area contributed by atoms with Crippen LogP contribution in [0.4, 0.5) is 0 Å². The van der Waals surface area contributed by atoms with Crippen LogP contribution in [0.25, 0.3) is 22.3 Å². The van der Waals surface area contributed by atoms with Crippen molar-refractivity contribution in [1.82, 2.24) is 0 Å². The Bertz CT molecular complexity index is 2580. The van der Waals surface area contributed by atoms with Gasteiger partial charge in [0.25, 0.3) is 0 Å². The average molecular weight is 1210 g/mol. The van der Waals surface area contributed by atoms with Crippen molar-refractivity contribution in [1.29, 1.82) is 0 Å². The molecule has 0 bridgehead atoms. The Kier molecular flexibility index (Phi) is 16.1. The first-order valence-electron chi connectivity index (χ1n) is 21.0. The van der Waals surface area contributed by atoms with Crippen molar-refractivity contribution >= 4 is 37.1 Å². The molecule has 2 aliphatic carbocycles. The van der Waals surface area contributed by atoms with Crippen LogP contribution in [-0.4, -0.2) is 5.90 Å². The van der Waals surface area contributed by atoms with Gasteiger partial charge in [0.1, 0.15) is 37.1 Å². The smallest absolute Gasteiger partial charge is 0.366 e. The predicted octanol–water partition coefficient (Wildman–Crippen LogP) is 12.5. The summed E-state index contributed by atoms with van der Waals surface area (Å²) >= 11 is 0. The van der Waals surface area contributed by atoms with Crippen molar-refractivity contribution in [3.05, 3.63) is 252 Å². The fourth-order valence-corrected chi connectivity index (χ4v) is 16.9. The van der Waals surface area contributed by atoms with Crippen molar-refractivity contribution in [2.45, 2.75) is 38.5 Å². The molecule has 10 rings (SSSR count). The molecule has 0 unspecified atom stereocenters. The van der Waals surface area contributed by atoms with Crippen LogP contribution >= 0.6 is 15.8 Å². The molecule has 4 heteroatoms. The van der Waals surface area contributed by atoms with Gasteiger partial charge in [0.2, 0.25) is 0 Å². The van der Waals surface area contributed by atoms with Crippen molar-refractivity contribution in [3.8, 4) is 34.1 Å². The SMILES string of the molecule is [Au+].[Au+].[C-]#Cc1cccc2c1-c1ccccc1C2(C)C.[C-]#Cc1cccc2c1-c1ccccc1C2(C)C.c1ccc([PH+](C[PH+](c2ccccc2)c2ccccc2)c2ccccc2)cc1. The molecule has 0 N–H and O–H groups in total. The van der Waals surface area contributed by atoms with E-state index in [0.717, 1.165) is 11.1 Å². The minimum Gasteiger partial charge on any atom is -0.366 e. The maximum atomic E-state index is 7.43. The summed E-state index contributed by atoms with van der Waals surface area (Å²) in [5.74, 6) is 6.36. The van der Waals surface area contributed by atoms with Crippen LogP contribution < -0.4 is 21.2 Å². The van der Waals surface area contributed by atoms with Gasteiger partial charge in [-0.3, -0.25) is 11.8 Å².